The van der Waals surface area contributed by atoms with Crippen LogP contribution in [0.3, 0.4) is 0 Å². The zero-order chi connectivity index (χ0) is 106. The van der Waals surface area contributed by atoms with Crippen molar-refractivity contribution in [1.82, 2.24) is 26.6 Å². The van der Waals surface area contributed by atoms with Crippen LogP contribution in [0.1, 0.15) is 167 Å². The Morgan fingerprint density at radius 1 is 0.343 bits per heavy atom. The van der Waals surface area contributed by atoms with E-state index in [-0.39, 0.29) is 204 Å². The molecule has 4 atom stereocenters. The van der Waals surface area contributed by atoms with Crippen LogP contribution >= 0.6 is 98.4 Å². The maximum absolute atomic E-state index is 11.1. The molecular weight excluding hydrogens is 2530 g/mol. The normalized spacial score (nSPS) is 9.93. The van der Waals surface area contributed by atoms with E-state index in [1.165, 1.54) is 72.9 Å². The van der Waals surface area contributed by atoms with Crippen molar-refractivity contribution in [3.63, 3.8) is 0 Å². The summed E-state index contributed by atoms with van der Waals surface area (Å²) in [5.74, 6) is -1.47. The molecule has 0 saturated carbocycles. The Bertz CT molecular complexity index is 3330. The van der Waals surface area contributed by atoms with Crippen molar-refractivity contribution >= 4 is 174 Å². The number of hydrogen-bond donors (Lipinski definition) is 8. The number of carbonyl (C=O) groups is 13. The van der Waals surface area contributed by atoms with Gasteiger partial charge in [0, 0.05) is 114 Å². The number of aliphatic hydroxyl groups is 3. The Labute approximate surface area is 928 Å². The van der Waals surface area contributed by atoms with Gasteiger partial charge in [0.15, 0.2) is 65.8 Å². The third-order valence-electron chi connectivity index (χ3n) is 15.5. The third-order valence-corrected chi connectivity index (χ3v) is 15.5. The minimum atomic E-state index is -0.882. The van der Waals surface area contributed by atoms with E-state index in [1.807, 2.05) is 6.92 Å². The molecular formula is C104H176I6N5O28-. The van der Waals surface area contributed by atoms with Crippen molar-refractivity contribution in [2.75, 3.05) is 139 Å². The number of hydrogen-bond acceptors (Lipinski definition) is 28. The average Bonchev–Trinajstić information content (AvgIpc) is 0.876. The van der Waals surface area contributed by atoms with Crippen molar-refractivity contribution in [3.8, 4) is 0 Å². The summed E-state index contributed by atoms with van der Waals surface area (Å²) in [6, 6.07) is -0.00519. The molecule has 0 aromatic rings. The number of aliphatic hydroxyl groups excluding tert-OH is 3. The van der Waals surface area contributed by atoms with Crippen LogP contribution in [-0.2, 0) is 119 Å². The van der Waals surface area contributed by atoms with Crippen LogP contribution in [0.4, 0.5) is 0 Å². The Morgan fingerprint density at radius 2 is 0.629 bits per heavy atom. The van der Waals surface area contributed by atoms with Crippen molar-refractivity contribution in [1.29, 1.82) is 0 Å². The zero-order valence-corrected chi connectivity index (χ0v) is 92.9. The molecule has 39 heteroatoms. The number of nitrogens with one attached hydrogen (secondary N) is 5. The molecule has 33 nitrogen and oxygen atoms in total. The number of ketones is 8. The predicted octanol–water partition coefficient (Wildman–Crippen LogP) is 15.8. The molecule has 4 unspecified atom stereocenters. The van der Waals surface area contributed by atoms with Gasteiger partial charge >= 0.3 is 50.5 Å². The van der Waals surface area contributed by atoms with Crippen LogP contribution in [0.15, 0.2) is 253 Å². The summed E-state index contributed by atoms with van der Waals surface area (Å²) in [7, 11) is 0. The van der Waals surface area contributed by atoms with Gasteiger partial charge in [-0.25, -0.2) is 0 Å². The second-order valence-electron chi connectivity index (χ2n) is 26.6. The van der Waals surface area contributed by atoms with E-state index in [0.717, 1.165) is 63.2 Å². The first-order valence-electron chi connectivity index (χ1n) is 42.5. The summed E-state index contributed by atoms with van der Waals surface area (Å²) < 4.78 is 64.2. The van der Waals surface area contributed by atoms with Gasteiger partial charge in [-0.2, -0.15) is 0 Å². The molecule has 0 rings (SSSR count). The monoisotopic (exact) mass is 2700 g/mol. The van der Waals surface area contributed by atoms with Crippen molar-refractivity contribution < 1.29 is 148 Å². The molecule has 0 spiro atoms. The molecule has 0 aliphatic carbocycles. The maximum atomic E-state index is 11.1. The van der Waals surface area contributed by atoms with Gasteiger partial charge in [0.05, 0.1) is 97.9 Å². The number of ether oxygens (including phenoxy) is 12. The fourth-order valence-corrected chi connectivity index (χ4v) is 8.16. The fourth-order valence-electron chi connectivity index (χ4n) is 8.16. The number of carbonyl (C=O) groups excluding carboxylic acids is 13. The molecule has 0 aliphatic heterocycles. The average molecular weight is 2710 g/mol. The van der Waals surface area contributed by atoms with E-state index in [4.69, 9.17) is 67.1 Å². The van der Waals surface area contributed by atoms with Gasteiger partial charge in [-0.15, -0.1) is 56.9 Å². The van der Waals surface area contributed by atoms with E-state index in [0.29, 0.717) is 170 Å². The molecule has 8 N–H and O–H groups in total. The van der Waals surface area contributed by atoms with Crippen LogP contribution in [0.5, 0.6) is 0 Å². The van der Waals surface area contributed by atoms with Crippen LogP contribution in [0.2, 0.25) is 0 Å². The van der Waals surface area contributed by atoms with Crippen LogP contribution in [0.25, 0.3) is 0 Å². The Hall–Kier alpha value is -7.35. The molecule has 0 aromatic heterocycles. The Morgan fingerprint density at radius 3 is 0.951 bits per heavy atom. The fraction of sp³-hybridized carbons (Fsp3) is 0.490. The molecule has 0 heterocycles. The van der Waals surface area contributed by atoms with E-state index in [2.05, 4.69) is 233 Å². The van der Waals surface area contributed by atoms with Gasteiger partial charge in [-0.05, 0) is 157 Å². The van der Waals surface area contributed by atoms with Gasteiger partial charge in [0.2, 0.25) is 29.5 Å². The van der Waals surface area contributed by atoms with Gasteiger partial charge in [-0.1, -0.05) is 167 Å². The molecule has 828 valence electrons. The summed E-state index contributed by atoms with van der Waals surface area (Å²) in [4.78, 5) is 141. The van der Waals surface area contributed by atoms with Crippen LogP contribution in [0, 0.1) is 5.41 Å². The van der Waals surface area contributed by atoms with Gasteiger partial charge in [0.25, 0.3) is 11.9 Å². The second kappa shape index (κ2) is 141. The summed E-state index contributed by atoms with van der Waals surface area (Å²) in [5.41, 5.74) is -0.560. The molecule has 0 saturated heterocycles. The summed E-state index contributed by atoms with van der Waals surface area (Å²) >= 11 is 9.54. The SMILES string of the molecule is C.C.C.C.C.C.C=CC(=O)CCC(C)NC(=O)C=C.C=CC(=O)CCCC(=O)C=C.C=CC(=O)CCCCCC(=O)C=C.C=CC(=O)CCCCOCCOCCOCCCCC(=O)C=C.C=CC(=O)CCCNC(=O)C=C.C=CC(=O)NCOCCOCC(COC(=C)OCNC(=O)C=C)OC(=C)OCNC(=O)C=C.C=CC(O)C(O)C=C.C=CCOCC(CO)(COCC=C)COCC=C.I.II.I[I-]I. The van der Waals surface area contributed by atoms with Crippen molar-refractivity contribution in [3.05, 3.63) is 253 Å². The predicted molar refractivity (Wildman–Crippen MR) is 623 cm³/mol. The summed E-state index contributed by atoms with van der Waals surface area (Å²) in [6.45, 7) is 76.2. The number of unbranched alkanes of at least 4 members (excludes halogenated alkanes) is 4. The standard InChI is InChI=1S/C21H31N3O9.C18H30O5.C14H24O4.C11H16O2.C10H15NO2.C9H13NO2.C9H12O2.C6H10O2.6CH4.I3.I2.HI/c1-6-19(25)22-13-29-10-9-28-11-18(33-17(5)32-15-24-21(27)8-3)12-30-16(4)31-14-23-20(26)7-2;1-3-17(19)9-5-7-11-21-13-15-23-16-14-22-12-8-6-10-18(20)4-2;1-4-7-16-11-14(10-15,12-17-8-5-2)13-18-9-6-3;1-3-10(12)8-6-5-7-9-11(13)4-2;1-4-9(12)7-6-8(3)11-10(13)5-2;1-3-8(11)6-5-7-10-9(12)4-2;1-3-8(10)6-5-7-9(11)4-2;1-3-5(7)6(8)4-2;;;;;;;1-3-2;1-2;/h6-8,18H,1-5,9-15H2,(H,22,25)(H,23,26)(H,24,27);3-4H,1-2,5-16H2;4-6,15H,1-3,7-13H2;3-4H,1-2,5-9H2;4-5,8H,1-2,6-7H2,3H3,(H,11,13);3-4H,1-2,5-7H2,(H,10,12);3-4H,1-2,5-7H2;3-8H,1-2H2;6*1H4;;;1H/q;;;;;;;;;;;;;;-1;;. The van der Waals surface area contributed by atoms with Gasteiger partial charge in [0.1, 0.15) is 25.5 Å². The van der Waals surface area contributed by atoms with Crippen molar-refractivity contribution in [2.45, 2.75) is 191 Å². The minimum absolute atomic E-state index is 0. The number of rotatable bonds is 81. The number of halogens is 6. The molecule has 0 bridgehead atoms. The topological polar surface area (TPSA) is 454 Å². The molecule has 0 radical (unpaired) electrons. The number of allylic oxidation sites excluding steroid dienone is 8. The Kier molecular flexibility index (Phi) is 172. The molecule has 0 fully saturated rings. The summed E-state index contributed by atoms with van der Waals surface area (Å²) in [6.07, 6.45) is 33.0. The second-order valence-corrected chi connectivity index (χ2v) is 42.8. The zero-order valence-electron chi connectivity index (χ0n) is 79.8. The first-order valence-corrected chi connectivity index (χ1v) is 61.3. The number of amides is 5. The quantitative estimate of drug-likeness (QED) is 0.00700. The van der Waals surface area contributed by atoms with E-state index in [1.54, 1.807) is 18.2 Å². The van der Waals surface area contributed by atoms with E-state index in [9.17, 15) is 67.4 Å². The third kappa shape index (κ3) is 148. The van der Waals surface area contributed by atoms with Gasteiger partial charge in [-0.3, -0.25) is 62.3 Å². The Balaban J connectivity index is -0.0000000863. The molecule has 143 heavy (non-hydrogen) atoms. The van der Waals surface area contributed by atoms with Crippen molar-refractivity contribution in [2.24, 2.45) is 5.41 Å². The molecule has 0 aromatic carbocycles. The van der Waals surface area contributed by atoms with Crippen LogP contribution < -0.4 is 39.8 Å². The molecule has 5 amide bonds. The summed E-state index contributed by atoms with van der Waals surface area (Å²) in [5, 5.41) is 39.4. The van der Waals surface area contributed by atoms with E-state index >= 15 is 0 Å². The van der Waals surface area contributed by atoms with E-state index < -0.39 is 35.5 Å². The first kappa shape index (κ1) is 175. The molecule has 0 aliphatic rings. The van der Waals surface area contributed by atoms with Gasteiger partial charge < -0.3 is 98.7 Å². The first-order chi connectivity index (χ1) is 65.1. The van der Waals surface area contributed by atoms with Crippen LogP contribution in [-0.4, -0.2) is 255 Å².